The molecule has 126 valence electrons. The van der Waals surface area contributed by atoms with Crippen LogP contribution in [0.3, 0.4) is 0 Å². The quantitative estimate of drug-likeness (QED) is 0.923. The van der Waals surface area contributed by atoms with Crippen molar-refractivity contribution in [2.24, 2.45) is 5.92 Å². The smallest absolute Gasteiger partial charge is 0.225 e. The number of hydrogen-bond donors (Lipinski definition) is 1. The largest absolute Gasteiger partial charge is 0.390 e. The monoisotopic (exact) mass is 324 g/mol. The summed E-state index contributed by atoms with van der Waals surface area (Å²) in [5.74, 6) is 0.797. The van der Waals surface area contributed by atoms with E-state index in [1.807, 2.05) is 24.2 Å². The van der Waals surface area contributed by atoms with Crippen LogP contribution in [0, 0.1) is 5.92 Å². The molecule has 0 atom stereocenters. The van der Waals surface area contributed by atoms with Crippen molar-refractivity contribution in [1.29, 1.82) is 0 Å². The van der Waals surface area contributed by atoms with Gasteiger partial charge in [0.05, 0.1) is 5.60 Å². The first-order valence-corrected chi connectivity index (χ1v) is 8.87. The molecular formula is C20H24N2O2. The maximum atomic E-state index is 12.5. The molecule has 0 unspecified atom stereocenters. The molecule has 1 aromatic carbocycles. The van der Waals surface area contributed by atoms with Crippen molar-refractivity contribution in [2.75, 3.05) is 13.1 Å². The van der Waals surface area contributed by atoms with Crippen LogP contribution in [0.1, 0.15) is 44.1 Å². The second kappa shape index (κ2) is 5.85. The predicted octanol–water partition coefficient (Wildman–Crippen LogP) is 3.10. The number of rotatable bonds is 2. The van der Waals surface area contributed by atoms with Crippen LogP contribution >= 0.6 is 0 Å². The van der Waals surface area contributed by atoms with Crippen molar-refractivity contribution in [1.82, 2.24) is 9.88 Å². The van der Waals surface area contributed by atoms with Gasteiger partial charge < -0.3 is 10.0 Å². The summed E-state index contributed by atoms with van der Waals surface area (Å²) in [7, 11) is 0. The SMILES string of the molecule is CC1(O)CC(C(=O)N2CCC(c3ccc4cnccc4c3)CC2)C1. The van der Waals surface area contributed by atoms with E-state index >= 15 is 0 Å². The van der Waals surface area contributed by atoms with Crippen molar-refractivity contribution < 1.29 is 9.90 Å². The molecule has 1 N–H and O–H groups in total. The number of nitrogens with zero attached hydrogens (tertiary/aromatic N) is 2. The Morgan fingerprint density at radius 3 is 2.67 bits per heavy atom. The fourth-order valence-corrected chi connectivity index (χ4v) is 4.22. The Morgan fingerprint density at radius 1 is 1.21 bits per heavy atom. The van der Waals surface area contributed by atoms with E-state index in [1.165, 1.54) is 16.3 Å². The second-order valence-electron chi connectivity index (χ2n) is 7.68. The molecule has 2 heterocycles. The Kier molecular flexibility index (Phi) is 3.80. The molecule has 1 aromatic heterocycles. The molecule has 1 saturated heterocycles. The van der Waals surface area contributed by atoms with Crippen molar-refractivity contribution in [2.45, 2.75) is 44.1 Å². The van der Waals surface area contributed by atoms with Crippen LogP contribution in [0.25, 0.3) is 10.8 Å². The van der Waals surface area contributed by atoms with Gasteiger partial charge in [-0.25, -0.2) is 0 Å². The highest BCUT2D eigenvalue weighted by Crippen LogP contribution is 2.39. The average Bonchev–Trinajstić information content (AvgIpc) is 2.59. The van der Waals surface area contributed by atoms with Gasteiger partial charge in [-0.2, -0.15) is 0 Å². The minimum atomic E-state index is -0.626. The molecule has 1 aliphatic heterocycles. The van der Waals surface area contributed by atoms with Crippen LogP contribution in [-0.4, -0.2) is 39.6 Å². The summed E-state index contributed by atoms with van der Waals surface area (Å²) in [5, 5.41) is 12.2. The number of piperidine rings is 1. The molecule has 1 aliphatic carbocycles. The van der Waals surface area contributed by atoms with E-state index in [0.717, 1.165) is 25.9 Å². The van der Waals surface area contributed by atoms with Gasteiger partial charge in [0.25, 0.3) is 0 Å². The molecule has 2 aromatic rings. The van der Waals surface area contributed by atoms with E-state index < -0.39 is 5.60 Å². The Bertz CT molecular complexity index is 755. The number of benzene rings is 1. The van der Waals surface area contributed by atoms with Gasteiger partial charge in [0.2, 0.25) is 5.91 Å². The van der Waals surface area contributed by atoms with Crippen molar-refractivity contribution >= 4 is 16.7 Å². The summed E-state index contributed by atoms with van der Waals surface area (Å²) in [6.07, 6.45) is 7.00. The number of amides is 1. The zero-order chi connectivity index (χ0) is 16.7. The van der Waals surface area contributed by atoms with Gasteiger partial charge in [0.15, 0.2) is 0 Å². The van der Waals surface area contributed by atoms with Crippen LogP contribution in [-0.2, 0) is 4.79 Å². The zero-order valence-corrected chi connectivity index (χ0v) is 14.1. The first-order chi connectivity index (χ1) is 11.5. The maximum Gasteiger partial charge on any atom is 0.225 e. The lowest BCUT2D eigenvalue weighted by Gasteiger charge is -2.43. The fourth-order valence-electron chi connectivity index (χ4n) is 4.22. The zero-order valence-electron chi connectivity index (χ0n) is 14.1. The third kappa shape index (κ3) is 2.91. The van der Waals surface area contributed by atoms with Gasteiger partial charge in [-0.1, -0.05) is 18.2 Å². The molecule has 4 rings (SSSR count). The van der Waals surface area contributed by atoms with E-state index in [2.05, 4.69) is 29.2 Å². The van der Waals surface area contributed by atoms with Crippen molar-refractivity contribution in [3.8, 4) is 0 Å². The van der Waals surface area contributed by atoms with Crippen LogP contribution in [0.2, 0.25) is 0 Å². The molecule has 24 heavy (non-hydrogen) atoms. The average molecular weight is 324 g/mol. The highest BCUT2D eigenvalue weighted by Gasteiger charge is 2.44. The van der Waals surface area contributed by atoms with Gasteiger partial charge in [-0.3, -0.25) is 9.78 Å². The Morgan fingerprint density at radius 2 is 1.96 bits per heavy atom. The lowest BCUT2D eigenvalue weighted by molar-refractivity contribution is -0.150. The molecular weight excluding hydrogens is 300 g/mol. The van der Waals surface area contributed by atoms with E-state index in [9.17, 15) is 9.90 Å². The summed E-state index contributed by atoms with van der Waals surface area (Å²) in [6.45, 7) is 3.48. The summed E-state index contributed by atoms with van der Waals surface area (Å²) >= 11 is 0. The number of carbonyl (C=O) groups excluding carboxylic acids is 1. The highest BCUT2D eigenvalue weighted by atomic mass is 16.3. The lowest BCUT2D eigenvalue weighted by Crippen LogP contribution is -2.51. The molecule has 1 saturated carbocycles. The van der Waals surface area contributed by atoms with Crippen molar-refractivity contribution in [3.63, 3.8) is 0 Å². The Hall–Kier alpha value is -1.94. The number of pyridine rings is 1. The first-order valence-electron chi connectivity index (χ1n) is 8.87. The third-order valence-corrected chi connectivity index (χ3v) is 5.66. The van der Waals surface area contributed by atoms with Gasteiger partial charge >= 0.3 is 0 Å². The van der Waals surface area contributed by atoms with Crippen LogP contribution in [0.15, 0.2) is 36.7 Å². The standard InChI is InChI=1S/C20H24N2O2/c1-20(24)11-18(12-20)19(23)22-8-5-14(6-9-22)15-2-3-17-13-21-7-4-16(17)10-15/h2-4,7,10,13-14,18,24H,5-6,8-9,11-12H2,1H3. The van der Waals surface area contributed by atoms with Crippen LogP contribution in [0.4, 0.5) is 0 Å². The second-order valence-corrected chi connectivity index (χ2v) is 7.68. The molecule has 2 fully saturated rings. The molecule has 2 aliphatic rings. The summed E-state index contributed by atoms with van der Waals surface area (Å²) in [5.41, 5.74) is 0.742. The summed E-state index contributed by atoms with van der Waals surface area (Å²) in [4.78, 5) is 18.7. The Balaban J connectivity index is 1.39. The van der Waals surface area contributed by atoms with Gasteiger partial charge in [0, 0.05) is 36.8 Å². The number of hydrogen-bond acceptors (Lipinski definition) is 3. The van der Waals surface area contributed by atoms with Gasteiger partial charge in [-0.05, 0) is 55.5 Å². The highest BCUT2D eigenvalue weighted by molar-refractivity contribution is 5.82. The fraction of sp³-hybridized carbons (Fsp3) is 0.500. The minimum Gasteiger partial charge on any atom is -0.390 e. The first kappa shape index (κ1) is 15.6. The maximum absolute atomic E-state index is 12.5. The molecule has 0 spiro atoms. The number of fused-ring (bicyclic) bond motifs is 1. The number of aliphatic hydroxyl groups is 1. The molecule has 0 bridgehead atoms. The summed E-state index contributed by atoms with van der Waals surface area (Å²) < 4.78 is 0. The molecule has 0 radical (unpaired) electrons. The Labute approximate surface area is 142 Å². The molecule has 4 heteroatoms. The third-order valence-electron chi connectivity index (χ3n) is 5.66. The van der Waals surface area contributed by atoms with E-state index in [4.69, 9.17) is 0 Å². The minimum absolute atomic E-state index is 0.0321. The van der Waals surface area contributed by atoms with E-state index in [0.29, 0.717) is 18.8 Å². The van der Waals surface area contributed by atoms with Gasteiger partial charge in [0.1, 0.15) is 0 Å². The molecule has 4 nitrogen and oxygen atoms in total. The number of likely N-dealkylation sites (tertiary alicyclic amines) is 1. The normalized spacial score (nSPS) is 27.9. The van der Waals surface area contributed by atoms with E-state index in [1.54, 1.807) is 0 Å². The summed E-state index contributed by atoms with van der Waals surface area (Å²) in [6, 6.07) is 8.67. The predicted molar refractivity (Wildman–Crippen MR) is 93.6 cm³/mol. The van der Waals surface area contributed by atoms with Crippen molar-refractivity contribution in [3.05, 3.63) is 42.2 Å². The topological polar surface area (TPSA) is 53.4 Å². The lowest BCUT2D eigenvalue weighted by atomic mass is 9.71. The van der Waals surface area contributed by atoms with Crippen LogP contribution in [0.5, 0.6) is 0 Å². The molecule has 1 amide bonds. The van der Waals surface area contributed by atoms with Gasteiger partial charge in [-0.15, -0.1) is 0 Å². The van der Waals surface area contributed by atoms with E-state index in [-0.39, 0.29) is 11.8 Å². The van der Waals surface area contributed by atoms with Crippen LogP contribution < -0.4 is 0 Å². The number of carbonyl (C=O) groups is 1. The number of aromatic nitrogens is 1.